The first-order chi connectivity index (χ1) is 6.75. The molecule has 0 radical (unpaired) electrons. The van der Waals surface area contributed by atoms with Crippen LogP contribution in [0.4, 0.5) is 0 Å². The Morgan fingerprint density at radius 2 is 2.29 bits per heavy atom. The summed E-state index contributed by atoms with van der Waals surface area (Å²) in [4.78, 5) is 25.9. The third kappa shape index (κ3) is 1.69. The summed E-state index contributed by atoms with van der Waals surface area (Å²) in [5.41, 5.74) is 1.32. The number of nitrogens with one attached hydrogen (secondary N) is 1. The fourth-order valence-electron chi connectivity index (χ4n) is 1.28. The molecule has 0 unspecified atom stereocenters. The van der Waals surface area contributed by atoms with E-state index in [0.717, 1.165) is 5.56 Å². The van der Waals surface area contributed by atoms with Gasteiger partial charge < -0.3 is 0 Å². The van der Waals surface area contributed by atoms with Gasteiger partial charge in [-0.1, -0.05) is 6.07 Å². The van der Waals surface area contributed by atoms with E-state index in [-0.39, 0.29) is 18.2 Å². The zero-order valence-electron chi connectivity index (χ0n) is 7.36. The maximum atomic E-state index is 11.2. The molecule has 4 nitrogen and oxygen atoms in total. The zero-order chi connectivity index (χ0) is 9.97. The van der Waals surface area contributed by atoms with Crippen molar-refractivity contribution in [1.29, 1.82) is 0 Å². The van der Waals surface area contributed by atoms with Crippen LogP contribution in [-0.2, 0) is 9.59 Å². The number of nitrogens with zero attached hydrogens (tertiary/aromatic N) is 1. The molecular weight excluding hydrogens is 180 g/mol. The second-order valence-electron chi connectivity index (χ2n) is 3.01. The van der Waals surface area contributed by atoms with E-state index in [4.69, 9.17) is 0 Å². The summed E-state index contributed by atoms with van der Waals surface area (Å²) in [5.74, 6) is -0.552. The first kappa shape index (κ1) is 8.62. The van der Waals surface area contributed by atoms with Gasteiger partial charge in [0.25, 0.3) is 5.91 Å². The monoisotopic (exact) mass is 188 g/mol. The maximum Gasteiger partial charge on any atom is 0.254 e. The lowest BCUT2D eigenvalue weighted by molar-refractivity contribution is -0.124. The third-order valence-corrected chi connectivity index (χ3v) is 1.92. The van der Waals surface area contributed by atoms with Crippen LogP contribution >= 0.6 is 0 Å². The van der Waals surface area contributed by atoms with E-state index in [1.54, 1.807) is 24.5 Å². The molecule has 0 aromatic carbocycles. The van der Waals surface area contributed by atoms with Crippen molar-refractivity contribution in [3.05, 3.63) is 35.7 Å². The van der Waals surface area contributed by atoms with Gasteiger partial charge in [-0.25, -0.2) is 0 Å². The molecule has 0 aliphatic carbocycles. The second kappa shape index (κ2) is 3.41. The van der Waals surface area contributed by atoms with Crippen LogP contribution in [0.3, 0.4) is 0 Å². The van der Waals surface area contributed by atoms with Crippen LogP contribution in [0.2, 0.25) is 0 Å². The van der Waals surface area contributed by atoms with Gasteiger partial charge in [0.2, 0.25) is 5.91 Å². The van der Waals surface area contributed by atoms with Crippen LogP contribution in [0, 0.1) is 0 Å². The molecule has 2 heterocycles. The van der Waals surface area contributed by atoms with Crippen LogP contribution in [0.1, 0.15) is 12.0 Å². The topological polar surface area (TPSA) is 59.1 Å². The number of carbonyl (C=O) groups is 2. The summed E-state index contributed by atoms with van der Waals surface area (Å²) in [5, 5.41) is 2.22. The largest absolute Gasteiger partial charge is 0.292 e. The first-order valence-corrected chi connectivity index (χ1v) is 4.20. The van der Waals surface area contributed by atoms with Crippen LogP contribution in [0.25, 0.3) is 6.08 Å². The minimum absolute atomic E-state index is 0.160. The van der Waals surface area contributed by atoms with Gasteiger partial charge in [-0.2, -0.15) is 0 Å². The normalized spacial score (nSPS) is 18.7. The lowest BCUT2D eigenvalue weighted by atomic mass is 10.1. The Hall–Kier alpha value is -1.97. The van der Waals surface area contributed by atoms with Crippen molar-refractivity contribution in [2.45, 2.75) is 6.42 Å². The molecule has 14 heavy (non-hydrogen) atoms. The number of carbonyl (C=O) groups excluding carboxylic acids is 2. The Balaban J connectivity index is 2.28. The van der Waals surface area contributed by atoms with Gasteiger partial charge in [-0.15, -0.1) is 0 Å². The highest BCUT2D eigenvalue weighted by molar-refractivity contribution is 6.15. The number of hydrogen-bond acceptors (Lipinski definition) is 3. The number of rotatable bonds is 1. The van der Waals surface area contributed by atoms with E-state index >= 15 is 0 Å². The maximum absolute atomic E-state index is 11.2. The van der Waals surface area contributed by atoms with Gasteiger partial charge in [0.15, 0.2) is 0 Å². The average molecular weight is 188 g/mol. The van der Waals surface area contributed by atoms with E-state index in [0.29, 0.717) is 5.57 Å². The molecule has 0 bridgehead atoms. The Kier molecular flexibility index (Phi) is 2.10. The Morgan fingerprint density at radius 3 is 2.86 bits per heavy atom. The second-order valence-corrected chi connectivity index (χ2v) is 3.01. The third-order valence-electron chi connectivity index (χ3n) is 1.92. The van der Waals surface area contributed by atoms with Crippen molar-refractivity contribution in [2.75, 3.05) is 0 Å². The molecule has 2 amide bonds. The van der Waals surface area contributed by atoms with E-state index in [1.807, 2.05) is 6.07 Å². The smallest absolute Gasteiger partial charge is 0.254 e. The molecule has 0 saturated carbocycles. The predicted octanol–water partition coefficient (Wildman–Crippen LogP) is 0.511. The highest BCUT2D eigenvalue weighted by Gasteiger charge is 2.23. The average Bonchev–Trinajstić information content (AvgIpc) is 2.47. The van der Waals surface area contributed by atoms with E-state index in [2.05, 4.69) is 10.3 Å². The summed E-state index contributed by atoms with van der Waals surface area (Å²) in [7, 11) is 0. The van der Waals surface area contributed by atoms with Gasteiger partial charge >= 0.3 is 0 Å². The highest BCUT2D eigenvalue weighted by atomic mass is 16.2. The molecule has 4 heteroatoms. The van der Waals surface area contributed by atoms with Gasteiger partial charge in [-0.05, 0) is 17.7 Å². The molecule has 1 aromatic rings. The molecule has 1 aliphatic heterocycles. The first-order valence-electron chi connectivity index (χ1n) is 4.20. The van der Waals surface area contributed by atoms with Crippen molar-refractivity contribution < 1.29 is 9.59 Å². The summed E-state index contributed by atoms with van der Waals surface area (Å²) in [6.45, 7) is 0. The number of pyridine rings is 1. The van der Waals surface area contributed by atoms with E-state index in [1.165, 1.54) is 0 Å². The molecule has 0 spiro atoms. The summed E-state index contributed by atoms with van der Waals surface area (Å²) in [6, 6.07) is 3.61. The number of aromatic nitrogens is 1. The number of amides is 2. The van der Waals surface area contributed by atoms with Crippen LogP contribution in [0.15, 0.2) is 30.1 Å². The number of imide groups is 1. The van der Waals surface area contributed by atoms with Crippen molar-refractivity contribution in [2.24, 2.45) is 0 Å². The Morgan fingerprint density at radius 1 is 1.43 bits per heavy atom. The lowest BCUT2D eigenvalue weighted by Gasteiger charge is -1.92. The molecule has 1 aromatic heterocycles. The van der Waals surface area contributed by atoms with Crippen LogP contribution in [0.5, 0.6) is 0 Å². The summed E-state index contributed by atoms with van der Waals surface area (Å²) < 4.78 is 0. The molecule has 1 aliphatic rings. The van der Waals surface area contributed by atoms with Crippen molar-refractivity contribution in [3.8, 4) is 0 Å². The van der Waals surface area contributed by atoms with Crippen molar-refractivity contribution >= 4 is 17.9 Å². The summed E-state index contributed by atoms with van der Waals surface area (Å²) >= 11 is 0. The quantitative estimate of drug-likeness (QED) is 0.516. The lowest BCUT2D eigenvalue weighted by Crippen LogP contribution is -2.19. The van der Waals surface area contributed by atoms with E-state index < -0.39 is 0 Å². The molecule has 1 fully saturated rings. The molecule has 0 atom stereocenters. The summed E-state index contributed by atoms with van der Waals surface area (Å²) in [6.07, 6.45) is 5.13. The molecule has 1 saturated heterocycles. The number of hydrogen-bond donors (Lipinski definition) is 1. The Labute approximate surface area is 80.7 Å². The Bertz CT molecular complexity index is 409. The minimum Gasteiger partial charge on any atom is -0.292 e. The molecule has 1 N–H and O–H groups in total. The van der Waals surface area contributed by atoms with E-state index in [9.17, 15) is 9.59 Å². The standard InChI is InChI=1S/C10H8N2O2/c13-9-5-8(10(14)12-9)4-7-2-1-3-11-6-7/h1-4,6H,5H2,(H,12,13,14). The van der Waals surface area contributed by atoms with Crippen LogP contribution in [-0.4, -0.2) is 16.8 Å². The molecule has 2 rings (SSSR count). The SMILES string of the molecule is O=C1CC(=Cc2cccnc2)C(=O)N1. The van der Waals surface area contributed by atoms with Gasteiger partial charge in [0.05, 0.1) is 6.42 Å². The predicted molar refractivity (Wildman–Crippen MR) is 50.0 cm³/mol. The molecule has 70 valence electrons. The highest BCUT2D eigenvalue weighted by Crippen LogP contribution is 2.13. The van der Waals surface area contributed by atoms with Gasteiger partial charge in [0.1, 0.15) is 0 Å². The fourth-order valence-corrected chi connectivity index (χ4v) is 1.28. The van der Waals surface area contributed by atoms with Gasteiger partial charge in [0, 0.05) is 18.0 Å². The van der Waals surface area contributed by atoms with Crippen LogP contribution < -0.4 is 5.32 Å². The fraction of sp³-hybridized carbons (Fsp3) is 0.100. The van der Waals surface area contributed by atoms with Gasteiger partial charge in [-0.3, -0.25) is 19.9 Å². The minimum atomic E-state index is -0.307. The van der Waals surface area contributed by atoms with Crippen molar-refractivity contribution in [3.63, 3.8) is 0 Å². The zero-order valence-corrected chi connectivity index (χ0v) is 7.36. The molecular formula is C10H8N2O2. The van der Waals surface area contributed by atoms with Crippen molar-refractivity contribution in [1.82, 2.24) is 10.3 Å².